The van der Waals surface area contributed by atoms with Crippen molar-refractivity contribution in [1.82, 2.24) is 20.0 Å². The molecule has 0 bridgehead atoms. The number of amides is 1. The maximum Gasteiger partial charge on any atom is 0.265 e. The summed E-state index contributed by atoms with van der Waals surface area (Å²) in [5.41, 5.74) is 0.760. The van der Waals surface area contributed by atoms with E-state index in [9.17, 15) is 4.79 Å². The Morgan fingerprint density at radius 1 is 1.31 bits per heavy atom. The molecule has 9 heteroatoms. The van der Waals surface area contributed by atoms with Crippen molar-refractivity contribution in [2.75, 3.05) is 13.1 Å². The second-order valence-corrected chi connectivity index (χ2v) is 9.02. The summed E-state index contributed by atoms with van der Waals surface area (Å²) in [7, 11) is 0. The van der Waals surface area contributed by atoms with Crippen LogP contribution in [0.15, 0.2) is 16.7 Å². The third kappa shape index (κ3) is 3.41. The molecule has 1 fully saturated rings. The number of halogens is 1. The summed E-state index contributed by atoms with van der Waals surface area (Å²) < 4.78 is 6.02. The third-order valence-electron chi connectivity index (χ3n) is 4.38. The van der Waals surface area contributed by atoms with E-state index < -0.39 is 0 Å². The Balaban J connectivity index is 1.54. The van der Waals surface area contributed by atoms with Gasteiger partial charge in [-0.1, -0.05) is 16.8 Å². The topological polar surface area (TPSA) is 72.1 Å². The first-order valence-electron chi connectivity index (χ1n) is 8.34. The Bertz CT molecular complexity index is 948. The first-order chi connectivity index (χ1) is 12.5. The van der Waals surface area contributed by atoms with Crippen molar-refractivity contribution in [2.45, 2.75) is 32.6 Å². The zero-order valence-corrected chi connectivity index (χ0v) is 16.7. The number of carbonyl (C=O) groups excluding carboxylic acids is 1. The number of hydrogen-bond acceptors (Lipinski definition) is 7. The number of thiazole rings is 1. The first kappa shape index (κ1) is 17.6. The molecule has 0 N–H and O–H groups in total. The van der Waals surface area contributed by atoms with E-state index in [4.69, 9.17) is 16.1 Å². The van der Waals surface area contributed by atoms with E-state index in [1.54, 1.807) is 6.92 Å². The van der Waals surface area contributed by atoms with Gasteiger partial charge in [-0.3, -0.25) is 4.79 Å². The summed E-state index contributed by atoms with van der Waals surface area (Å²) >= 11 is 8.92. The number of hydrogen-bond donors (Lipinski definition) is 0. The number of nitrogens with zero attached hydrogens (tertiary/aromatic N) is 4. The molecule has 3 aromatic heterocycles. The van der Waals surface area contributed by atoms with Gasteiger partial charge in [-0.2, -0.15) is 4.98 Å². The Morgan fingerprint density at radius 2 is 2.15 bits per heavy atom. The SMILES string of the molecule is Cc1noc(C2CCCN(C(=O)c3sc(-c4ccc(Cl)s4)nc3C)C2)n1. The molecule has 1 saturated heterocycles. The molecule has 1 unspecified atom stereocenters. The molecule has 4 rings (SSSR count). The van der Waals surface area contributed by atoms with Crippen LogP contribution in [0, 0.1) is 13.8 Å². The van der Waals surface area contributed by atoms with Crippen molar-refractivity contribution in [3.8, 4) is 9.88 Å². The lowest BCUT2D eigenvalue weighted by atomic mass is 9.98. The van der Waals surface area contributed by atoms with E-state index in [-0.39, 0.29) is 11.8 Å². The highest BCUT2D eigenvalue weighted by Gasteiger charge is 2.30. The van der Waals surface area contributed by atoms with Gasteiger partial charge >= 0.3 is 0 Å². The van der Waals surface area contributed by atoms with Gasteiger partial charge in [-0.25, -0.2) is 4.98 Å². The average Bonchev–Trinajstić information content (AvgIpc) is 3.34. The number of likely N-dealkylation sites (tertiary alicyclic amines) is 1. The van der Waals surface area contributed by atoms with Gasteiger partial charge in [0.1, 0.15) is 9.88 Å². The van der Waals surface area contributed by atoms with Gasteiger partial charge in [0.2, 0.25) is 5.89 Å². The summed E-state index contributed by atoms with van der Waals surface area (Å²) in [6.45, 7) is 5.01. The van der Waals surface area contributed by atoms with Crippen LogP contribution >= 0.6 is 34.3 Å². The predicted molar refractivity (Wildman–Crippen MR) is 102 cm³/mol. The number of carbonyl (C=O) groups is 1. The minimum atomic E-state index is 0.0230. The highest BCUT2D eigenvalue weighted by Crippen LogP contribution is 2.36. The van der Waals surface area contributed by atoms with Crippen molar-refractivity contribution in [3.63, 3.8) is 0 Å². The Kier molecular flexibility index (Phi) is 4.81. The Morgan fingerprint density at radius 3 is 2.85 bits per heavy atom. The molecule has 0 spiro atoms. The van der Waals surface area contributed by atoms with E-state index in [0.29, 0.717) is 23.1 Å². The minimum Gasteiger partial charge on any atom is -0.339 e. The quantitative estimate of drug-likeness (QED) is 0.635. The molecule has 0 aromatic carbocycles. The van der Waals surface area contributed by atoms with Gasteiger partial charge in [0.25, 0.3) is 5.91 Å². The van der Waals surface area contributed by atoms with Crippen molar-refractivity contribution in [3.05, 3.63) is 38.8 Å². The molecular weight excluding hydrogens is 392 g/mol. The van der Waals surface area contributed by atoms with Crippen LogP contribution in [0.5, 0.6) is 0 Å². The van der Waals surface area contributed by atoms with Crippen LogP contribution in [0.4, 0.5) is 0 Å². The van der Waals surface area contributed by atoms with Gasteiger partial charge < -0.3 is 9.42 Å². The number of rotatable bonds is 3. The maximum atomic E-state index is 13.1. The molecule has 26 heavy (non-hydrogen) atoms. The van der Waals surface area contributed by atoms with E-state index in [0.717, 1.165) is 39.3 Å². The molecule has 0 radical (unpaired) electrons. The van der Waals surface area contributed by atoms with Crippen LogP contribution in [-0.4, -0.2) is 39.0 Å². The Labute approximate surface area is 163 Å². The Hall–Kier alpha value is -1.77. The molecule has 1 aliphatic rings. The lowest BCUT2D eigenvalue weighted by Gasteiger charge is -2.30. The largest absolute Gasteiger partial charge is 0.339 e. The van der Waals surface area contributed by atoms with Crippen LogP contribution in [0.3, 0.4) is 0 Å². The summed E-state index contributed by atoms with van der Waals surface area (Å²) in [6.07, 6.45) is 1.87. The molecule has 6 nitrogen and oxygen atoms in total. The first-order valence-corrected chi connectivity index (χ1v) is 10.3. The predicted octanol–water partition coefficient (Wildman–Crippen LogP) is 4.54. The fraction of sp³-hybridized carbons (Fsp3) is 0.412. The third-order valence-corrected chi connectivity index (χ3v) is 6.92. The molecule has 4 heterocycles. The van der Waals surface area contributed by atoms with Gasteiger partial charge in [0, 0.05) is 13.1 Å². The second kappa shape index (κ2) is 7.09. The lowest BCUT2D eigenvalue weighted by Crippen LogP contribution is -2.39. The monoisotopic (exact) mass is 408 g/mol. The lowest BCUT2D eigenvalue weighted by molar-refractivity contribution is 0.0699. The van der Waals surface area contributed by atoms with Gasteiger partial charge in [-0.15, -0.1) is 22.7 Å². The molecule has 0 saturated carbocycles. The van der Waals surface area contributed by atoms with E-state index in [2.05, 4.69) is 15.1 Å². The maximum absolute atomic E-state index is 13.1. The molecule has 136 valence electrons. The zero-order chi connectivity index (χ0) is 18.3. The zero-order valence-electron chi connectivity index (χ0n) is 14.4. The highest BCUT2D eigenvalue weighted by atomic mass is 35.5. The number of piperidine rings is 1. The molecular formula is C17H17ClN4O2S2. The second-order valence-electron chi connectivity index (χ2n) is 6.31. The summed E-state index contributed by atoms with van der Waals surface area (Å²) in [6, 6.07) is 3.79. The summed E-state index contributed by atoms with van der Waals surface area (Å²) in [5.74, 6) is 1.36. The van der Waals surface area contributed by atoms with Crippen molar-refractivity contribution < 1.29 is 9.32 Å². The van der Waals surface area contributed by atoms with E-state index in [1.165, 1.54) is 22.7 Å². The van der Waals surface area contributed by atoms with Gasteiger partial charge in [0.05, 0.1) is 20.8 Å². The van der Waals surface area contributed by atoms with Crippen molar-refractivity contribution >= 4 is 40.2 Å². The smallest absolute Gasteiger partial charge is 0.265 e. The van der Waals surface area contributed by atoms with Crippen LogP contribution < -0.4 is 0 Å². The fourth-order valence-corrected chi connectivity index (χ4v) is 5.25. The van der Waals surface area contributed by atoms with Gasteiger partial charge in [0.15, 0.2) is 5.82 Å². The van der Waals surface area contributed by atoms with Crippen LogP contribution in [0.2, 0.25) is 4.34 Å². The molecule has 1 aliphatic heterocycles. The molecule has 3 aromatic rings. The number of aryl methyl sites for hydroxylation is 2. The number of aromatic nitrogens is 3. The standard InChI is InChI=1S/C17H17ClN4O2S2/c1-9-14(26-16(19-9)12-5-6-13(18)25-12)17(23)22-7-3-4-11(8-22)15-20-10(2)21-24-15/h5-6,11H,3-4,7-8H2,1-2H3. The summed E-state index contributed by atoms with van der Waals surface area (Å²) in [5, 5.41) is 4.70. The van der Waals surface area contributed by atoms with Gasteiger partial charge in [-0.05, 0) is 38.8 Å². The van der Waals surface area contributed by atoms with E-state index in [1.807, 2.05) is 24.0 Å². The highest BCUT2D eigenvalue weighted by molar-refractivity contribution is 7.24. The number of thiophene rings is 1. The van der Waals surface area contributed by atoms with Crippen LogP contribution in [0.1, 0.15) is 45.8 Å². The van der Waals surface area contributed by atoms with Crippen molar-refractivity contribution in [2.24, 2.45) is 0 Å². The molecule has 0 aliphatic carbocycles. The average molecular weight is 409 g/mol. The van der Waals surface area contributed by atoms with Crippen molar-refractivity contribution in [1.29, 1.82) is 0 Å². The molecule has 1 amide bonds. The minimum absolute atomic E-state index is 0.0230. The van der Waals surface area contributed by atoms with E-state index >= 15 is 0 Å². The van der Waals surface area contributed by atoms with Crippen LogP contribution in [-0.2, 0) is 0 Å². The van der Waals surface area contributed by atoms with Crippen LogP contribution in [0.25, 0.3) is 9.88 Å². The molecule has 1 atom stereocenters. The normalized spacial score (nSPS) is 17.7. The fourth-order valence-electron chi connectivity index (χ4n) is 3.12. The summed E-state index contributed by atoms with van der Waals surface area (Å²) in [4.78, 5) is 25.5.